The number of hydrogen-bond donors (Lipinski definition) is 1. The molecule has 0 radical (unpaired) electrons. The first kappa shape index (κ1) is 20.1. The van der Waals surface area contributed by atoms with Crippen molar-refractivity contribution in [2.45, 2.75) is 83.8 Å². The predicted molar refractivity (Wildman–Crippen MR) is 109 cm³/mol. The van der Waals surface area contributed by atoms with Gasteiger partial charge < -0.3 is 9.84 Å². The van der Waals surface area contributed by atoms with Crippen LogP contribution in [0.25, 0.3) is 0 Å². The molecule has 1 saturated carbocycles. The van der Waals surface area contributed by atoms with Crippen molar-refractivity contribution in [1.29, 1.82) is 0 Å². The minimum absolute atomic E-state index is 0.179. The zero-order valence-electron chi connectivity index (χ0n) is 17.2. The molecule has 1 aromatic carbocycles. The number of nitrogens with zero attached hydrogens (tertiary/aromatic N) is 1. The highest BCUT2D eigenvalue weighted by Crippen LogP contribution is 2.36. The highest BCUT2D eigenvalue weighted by Gasteiger charge is 2.31. The Kier molecular flexibility index (Phi) is 6.05. The van der Waals surface area contributed by atoms with Crippen LogP contribution in [0.3, 0.4) is 0 Å². The minimum atomic E-state index is -0.626. The molecular formula is C23H33NO3. The Morgan fingerprint density at radius 3 is 2.52 bits per heavy atom. The molecule has 0 spiro atoms. The van der Waals surface area contributed by atoms with E-state index in [-0.39, 0.29) is 11.5 Å². The van der Waals surface area contributed by atoms with E-state index in [2.05, 4.69) is 13.8 Å². The Labute approximate surface area is 163 Å². The van der Waals surface area contributed by atoms with Gasteiger partial charge in [-0.1, -0.05) is 25.7 Å². The molecule has 4 nitrogen and oxygen atoms in total. The van der Waals surface area contributed by atoms with E-state index in [1.165, 1.54) is 12.8 Å². The van der Waals surface area contributed by atoms with Crippen molar-refractivity contribution < 1.29 is 14.6 Å². The molecule has 0 aromatic heterocycles. The number of Topliss-reactive ketones (excluding diaryl/α,β-unsaturated/α-hetero) is 1. The van der Waals surface area contributed by atoms with Crippen molar-refractivity contribution >= 4 is 11.5 Å². The summed E-state index contributed by atoms with van der Waals surface area (Å²) in [4.78, 5) is 18.0. The fourth-order valence-corrected chi connectivity index (χ4v) is 4.53. The monoisotopic (exact) mass is 371 g/mol. The Balaban J connectivity index is 1.93. The second-order valence-electron chi connectivity index (χ2n) is 8.81. The van der Waals surface area contributed by atoms with E-state index in [9.17, 15) is 9.90 Å². The molecule has 27 heavy (non-hydrogen) atoms. The van der Waals surface area contributed by atoms with Crippen LogP contribution < -0.4 is 4.74 Å². The first-order valence-corrected chi connectivity index (χ1v) is 10.3. The number of ketones is 1. The molecule has 0 amide bonds. The smallest absolute Gasteiger partial charge is 0.141 e. The van der Waals surface area contributed by atoms with Gasteiger partial charge in [-0.2, -0.15) is 0 Å². The molecule has 0 bridgehead atoms. The number of carbonyl (C=O) groups excluding carboxylic acids is 1. The Hall–Kier alpha value is -1.68. The molecular weight excluding hydrogens is 338 g/mol. The number of hydrogen-bond acceptors (Lipinski definition) is 4. The Morgan fingerprint density at radius 2 is 1.93 bits per heavy atom. The number of rotatable bonds is 5. The van der Waals surface area contributed by atoms with Crippen molar-refractivity contribution in [3.05, 3.63) is 28.8 Å². The highest BCUT2D eigenvalue weighted by atomic mass is 16.5. The normalized spacial score (nSPS) is 21.0. The van der Waals surface area contributed by atoms with E-state index in [1.54, 1.807) is 14.0 Å². The number of carbonyl (C=O) groups is 1. The molecule has 1 unspecified atom stereocenters. The summed E-state index contributed by atoms with van der Waals surface area (Å²) in [7, 11) is 1.63. The predicted octanol–water partition coefficient (Wildman–Crippen LogP) is 4.80. The molecule has 1 atom stereocenters. The maximum atomic E-state index is 13.0. The van der Waals surface area contributed by atoms with E-state index in [0.717, 1.165) is 54.5 Å². The average Bonchev–Trinajstić information content (AvgIpc) is 2.89. The van der Waals surface area contributed by atoms with Gasteiger partial charge >= 0.3 is 0 Å². The van der Waals surface area contributed by atoms with Gasteiger partial charge in [0, 0.05) is 17.9 Å². The molecule has 4 heteroatoms. The summed E-state index contributed by atoms with van der Waals surface area (Å²) in [5, 5.41) is 10.2. The van der Waals surface area contributed by atoms with Crippen LogP contribution in [-0.4, -0.2) is 29.3 Å². The second-order valence-corrected chi connectivity index (χ2v) is 8.81. The van der Waals surface area contributed by atoms with Gasteiger partial charge in [0.25, 0.3) is 0 Å². The fraction of sp³-hybridized carbons (Fsp3) is 0.652. The highest BCUT2D eigenvalue weighted by molar-refractivity contribution is 6.13. The van der Waals surface area contributed by atoms with Crippen molar-refractivity contribution in [3.8, 4) is 5.75 Å². The molecule has 3 rings (SSSR count). The zero-order chi connectivity index (χ0) is 19.6. The molecule has 1 heterocycles. The van der Waals surface area contributed by atoms with E-state index in [0.29, 0.717) is 18.0 Å². The number of aliphatic imine (C=N–C) groups is 1. The first-order chi connectivity index (χ1) is 12.8. The van der Waals surface area contributed by atoms with Crippen LogP contribution in [0.5, 0.6) is 5.75 Å². The van der Waals surface area contributed by atoms with Crippen molar-refractivity contribution in [1.82, 2.24) is 0 Å². The van der Waals surface area contributed by atoms with Crippen molar-refractivity contribution in [3.63, 3.8) is 0 Å². The molecule has 2 aliphatic rings. The average molecular weight is 372 g/mol. The zero-order valence-corrected chi connectivity index (χ0v) is 17.2. The topological polar surface area (TPSA) is 58.9 Å². The maximum absolute atomic E-state index is 13.0. The van der Waals surface area contributed by atoms with E-state index < -0.39 is 6.10 Å². The van der Waals surface area contributed by atoms with Gasteiger partial charge in [-0.3, -0.25) is 9.79 Å². The molecule has 1 aliphatic heterocycles. The van der Waals surface area contributed by atoms with E-state index in [1.807, 2.05) is 12.1 Å². The SMILES string of the molecule is COc1cc2c(cc1C(C)O)C(CC(=O)C1CCCCCC1)=NC(C)(C)C2. The minimum Gasteiger partial charge on any atom is -0.496 e. The van der Waals surface area contributed by atoms with Gasteiger partial charge in [-0.05, 0) is 63.3 Å². The largest absolute Gasteiger partial charge is 0.496 e. The third-order valence-corrected chi connectivity index (χ3v) is 5.93. The van der Waals surface area contributed by atoms with Crippen LogP contribution in [0, 0.1) is 5.92 Å². The van der Waals surface area contributed by atoms with E-state index >= 15 is 0 Å². The quantitative estimate of drug-likeness (QED) is 0.756. The summed E-state index contributed by atoms with van der Waals surface area (Å²) in [6.07, 6.45) is 7.43. The number of fused-ring (bicyclic) bond motifs is 1. The van der Waals surface area contributed by atoms with Crippen molar-refractivity contribution in [2.24, 2.45) is 10.9 Å². The third-order valence-electron chi connectivity index (χ3n) is 5.93. The van der Waals surface area contributed by atoms with Gasteiger partial charge in [0.05, 0.1) is 24.5 Å². The van der Waals surface area contributed by atoms with Gasteiger partial charge in [0.15, 0.2) is 0 Å². The van der Waals surface area contributed by atoms with Crippen LogP contribution in [-0.2, 0) is 11.2 Å². The Morgan fingerprint density at radius 1 is 1.26 bits per heavy atom. The lowest BCUT2D eigenvalue weighted by Gasteiger charge is -2.30. The van der Waals surface area contributed by atoms with Gasteiger partial charge in [0.2, 0.25) is 0 Å². The summed E-state index contributed by atoms with van der Waals surface area (Å²) in [6, 6.07) is 4.00. The van der Waals surface area contributed by atoms with Crippen LogP contribution in [0.1, 0.15) is 88.5 Å². The molecule has 1 aromatic rings. The summed E-state index contributed by atoms with van der Waals surface area (Å²) in [6.45, 7) is 5.97. The van der Waals surface area contributed by atoms with Crippen LogP contribution in [0.2, 0.25) is 0 Å². The third kappa shape index (κ3) is 4.60. The second kappa shape index (κ2) is 8.14. The van der Waals surface area contributed by atoms with Crippen LogP contribution in [0.15, 0.2) is 17.1 Å². The van der Waals surface area contributed by atoms with Gasteiger partial charge in [-0.25, -0.2) is 0 Å². The number of aliphatic hydroxyl groups is 1. The lowest BCUT2D eigenvalue weighted by atomic mass is 9.82. The summed E-state index contributed by atoms with van der Waals surface area (Å²) in [5.41, 5.74) is 3.56. The van der Waals surface area contributed by atoms with Crippen LogP contribution >= 0.6 is 0 Å². The van der Waals surface area contributed by atoms with Crippen molar-refractivity contribution in [2.75, 3.05) is 7.11 Å². The molecule has 1 N–H and O–H groups in total. The molecule has 1 fully saturated rings. The molecule has 0 saturated heterocycles. The molecule has 1 aliphatic carbocycles. The number of benzene rings is 1. The summed E-state index contributed by atoms with van der Waals surface area (Å²) >= 11 is 0. The first-order valence-electron chi connectivity index (χ1n) is 10.3. The Bertz CT molecular complexity index is 725. The summed E-state index contributed by atoms with van der Waals surface area (Å²) in [5.74, 6) is 1.21. The molecule has 148 valence electrons. The van der Waals surface area contributed by atoms with Crippen LogP contribution in [0.4, 0.5) is 0 Å². The maximum Gasteiger partial charge on any atom is 0.141 e. The summed E-state index contributed by atoms with van der Waals surface area (Å²) < 4.78 is 5.50. The van der Waals surface area contributed by atoms with E-state index in [4.69, 9.17) is 9.73 Å². The standard InChI is InChI=1S/C23H33NO3/c1-15(25)18-12-19-17(11-22(18)27-4)14-23(2,3)24-20(19)13-21(26)16-9-7-5-6-8-10-16/h11-12,15-16,25H,5-10,13-14H2,1-4H3. The number of aliphatic hydroxyl groups excluding tert-OH is 1. The lowest BCUT2D eigenvalue weighted by Crippen LogP contribution is -2.31. The van der Waals surface area contributed by atoms with Gasteiger partial charge in [-0.15, -0.1) is 0 Å². The lowest BCUT2D eigenvalue weighted by molar-refractivity contribution is -0.122. The number of methoxy groups -OCH3 is 1. The fourth-order valence-electron chi connectivity index (χ4n) is 4.53. The van der Waals surface area contributed by atoms with Gasteiger partial charge in [0.1, 0.15) is 11.5 Å². The number of ether oxygens (including phenoxy) is 1.